The number of nitrogens with one attached hydrogen (secondary N) is 1. The molecule has 156 valence electrons. The van der Waals surface area contributed by atoms with Gasteiger partial charge in [-0.2, -0.15) is 0 Å². The van der Waals surface area contributed by atoms with Crippen LogP contribution in [0.3, 0.4) is 0 Å². The fourth-order valence-electron chi connectivity index (χ4n) is 3.50. The Bertz CT molecular complexity index is 951. The first-order valence-electron chi connectivity index (χ1n) is 10.0. The predicted molar refractivity (Wildman–Crippen MR) is 116 cm³/mol. The summed E-state index contributed by atoms with van der Waals surface area (Å²) in [5, 5.41) is 0. The second kappa shape index (κ2) is 8.28. The molecule has 1 aliphatic heterocycles. The van der Waals surface area contributed by atoms with Gasteiger partial charge in [0.1, 0.15) is 0 Å². The number of rotatable bonds is 4. The van der Waals surface area contributed by atoms with Crippen molar-refractivity contribution in [2.45, 2.75) is 56.9 Å². The molecule has 0 atom stereocenters. The van der Waals surface area contributed by atoms with Crippen LogP contribution in [0.25, 0.3) is 0 Å². The highest BCUT2D eigenvalue weighted by Crippen LogP contribution is 2.23. The van der Waals surface area contributed by atoms with E-state index in [-0.39, 0.29) is 22.3 Å². The number of aryl methyl sites for hydroxylation is 1. The van der Waals surface area contributed by atoms with E-state index in [2.05, 4.69) is 25.5 Å². The van der Waals surface area contributed by atoms with E-state index in [0.29, 0.717) is 31.5 Å². The number of amides is 1. The maximum absolute atomic E-state index is 12.8. The Morgan fingerprint density at radius 2 is 1.52 bits per heavy atom. The average Bonchev–Trinajstić information content (AvgIpc) is 2.67. The summed E-state index contributed by atoms with van der Waals surface area (Å²) in [5.41, 5.74) is 2.94. The molecule has 1 saturated heterocycles. The number of likely N-dealkylation sites (tertiary alicyclic amines) is 1. The Morgan fingerprint density at radius 3 is 2.03 bits per heavy atom. The molecule has 1 fully saturated rings. The van der Waals surface area contributed by atoms with Crippen molar-refractivity contribution in [3.8, 4) is 0 Å². The van der Waals surface area contributed by atoms with Crippen LogP contribution in [0.2, 0.25) is 0 Å². The maximum atomic E-state index is 12.8. The van der Waals surface area contributed by atoms with Gasteiger partial charge in [-0.15, -0.1) is 0 Å². The van der Waals surface area contributed by atoms with Gasteiger partial charge < -0.3 is 4.90 Å². The number of benzene rings is 2. The van der Waals surface area contributed by atoms with E-state index in [4.69, 9.17) is 0 Å². The SMILES string of the molecule is Cc1ccc(S(=O)(=O)NC2CCN(C(=O)c3ccc(C(C)(C)C)cc3)CC2)cc1. The molecule has 1 aliphatic rings. The Hall–Kier alpha value is -2.18. The molecule has 0 unspecified atom stereocenters. The number of carbonyl (C=O) groups excluding carboxylic acids is 1. The average molecular weight is 415 g/mol. The maximum Gasteiger partial charge on any atom is 0.253 e. The molecule has 3 rings (SSSR count). The molecule has 1 heterocycles. The standard InChI is InChI=1S/C23H30N2O3S/c1-17-5-11-21(12-6-17)29(27,28)24-20-13-15-25(16-14-20)22(26)18-7-9-19(10-8-18)23(2,3)4/h5-12,20,24H,13-16H2,1-4H3. The van der Waals surface area contributed by atoms with Crippen molar-refractivity contribution in [1.29, 1.82) is 0 Å². The van der Waals surface area contributed by atoms with E-state index in [1.807, 2.05) is 36.1 Å². The van der Waals surface area contributed by atoms with Crippen molar-refractivity contribution >= 4 is 15.9 Å². The van der Waals surface area contributed by atoms with E-state index in [9.17, 15) is 13.2 Å². The molecule has 0 saturated carbocycles. The highest BCUT2D eigenvalue weighted by atomic mass is 32.2. The van der Waals surface area contributed by atoms with Crippen LogP contribution in [0.15, 0.2) is 53.4 Å². The molecule has 0 aromatic heterocycles. The predicted octanol–water partition coefficient (Wildman–Crippen LogP) is 3.88. The molecule has 2 aromatic carbocycles. The summed E-state index contributed by atoms with van der Waals surface area (Å²) in [7, 11) is -3.54. The summed E-state index contributed by atoms with van der Waals surface area (Å²) in [6, 6.07) is 14.5. The van der Waals surface area contributed by atoms with E-state index in [1.165, 1.54) is 5.56 Å². The van der Waals surface area contributed by atoms with Crippen molar-refractivity contribution < 1.29 is 13.2 Å². The Balaban J connectivity index is 1.58. The van der Waals surface area contributed by atoms with Gasteiger partial charge in [-0.25, -0.2) is 13.1 Å². The molecular formula is C23H30N2O3S. The lowest BCUT2D eigenvalue weighted by atomic mass is 9.86. The van der Waals surface area contributed by atoms with E-state index < -0.39 is 10.0 Å². The second-order valence-electron chi connectivity index (χ2n) is 8.83. The molecule has 5 nitrogen and oxygen atoms in total. The molecule has 2 aromatic rings. The van der Waals surface area contributed by atoms with Crippen LogP contribution in [0.4, 0.5) is 0 Å². The van der Waals surface area contributed by atoms with E-state index in [0.717, 1.165) is 5.56 Å². The third kappa shape index (κ3) is 5.25. The molecular weight excluding hydrogens is 384 g/mol. The van der Waals surface area contributed by atoms with Gasteiger partial charge in [0.05, 0.1) is 4.90 Å². The smallest absolute Gasteiger partial charge is 0.253 e. The summed E-state index contributed by atoms with van der Waals surface area (Å²) in [6.45, 7) is 9.44. The number of hydrogen-bond donors (Lipinski definition) is 1. The zero-order valence-electron chi connectivity index (χ0n) is 17.6. The van der Waals surface area contributed by atoms with Crippen LogP contribution in [0, 0.1) is 6.92 Å². The largest absolute Gasteiger partial charge is 0.339 e. The number of carbonyl (C=O) groups is 1. The van der Waals surface area contributed by atoms with Crippen molar-refractivity contribution in [1.82, 2.24) is 9.62 Å². The monoisotopic (exact) mass is 414 g/mol. The van der Waals surface area contributed by atoms with Crippen molar-refractivity contribution in [3.05, 3.63) is 65.2 Å². The lowest BCUT2D eigenvalue weighted by Gasteiger charge is -2.32. The third-order valence-electron chi connectivity index (χ3n) is 5.43. The minimum Gasteiger partial charge on any atom is -0.339 e. The van der Waals surface area contributed by atoms with Gasteiger partial charge in [0.25, 0.3) is 5.91 Å². The number of hydrogen-bond acceptors (Lipinski definition) is 3. The van der Waals surface area contributed by atoms with Crippen molar-refractivity contribution in [3.63, 3.8) is 0 Å². The first kappa shape index (κ1) is 21.5. The molecule has 0 aliphatic carbocycles. The van der Waals surface area contributed by atoms with E-state index >= 15 is 0 Å². The molecule has 6 heteroatoms. The number of piperidine rings is 1. The normalized spacial score (nSPS) is 16.1. The number of nitrogens with zero attached hydrogens (tertiary/aromatic N) is 1. The van der Waals surface area contributed by atoms with Gasteiger partial charge in [0, 0.05) is 24.7 Å². The van der Waals surface area contributed by atoms with Gasteiger partial charge >= 0.3 is 0 Å². The van der Waals surface area contributed by atoms with Crippen LogP contribution in [0.1, 0.15) is 55.1 Å². The van der Waals surface area contributed by atoms with Gasteiger partial charge in [-0.1, -0.05) is 50.6 Å². The second-order valence-corrected chi connectivity index (χ2v) is 10.5. The molecule has 29 heavy (non-hydrogen) atoms. The zero-order valence-corrected chi connectivity index (χ0v) is 18.4. The summed E-state index contributed by atoms with van der Waals surface area (Å²) in [4.78, 5) is 14.9. The highest BCUT2D eigenvalue weighted by molar-refractivity contribution is 7.89. The minimum atomic E-state index is -3.54. The summed E-state index contributed by atoms with van der Waals surface area (Å²) < 4.78 is 27.9. The van der Waals surface area contributed by atoms with Crippen LogP contribution in [-0.4, -0.2) is 38.4 Å². The summed E-state index contributed by atoms with van der Waals surface area (Å²) in [6.07, 6.45) is 1.22. The fourth-order valence-corrected chi connectivity index (χ4v) is 4.81. The van der Waals surface area contributed by atoms with Gasteiger partial charge in [-0.3, -0.25) is 4.79 Å². The van der Waals surface area contributed by atoms with Crippen molar-refractivity contribution in [2.24, 2.45) is 0 Å². The minimum absolute atomic E-state index is 0.00491. The van der Waals surface area contributed by atoms with Crippen molar-refractivity contribution in [2.75, 3.05) is 13.1 Å². The fraction of sp³-hybridized carbons (Fsp3) is 0.435. The first-order valence-corrected chi connectivity index (χ1v) is 11.5. The summed E-state index contributed by atoms with van der Waals surface area (Å²) >= 11 is 0. The van der Waals surface area contributed by atoms with Gasteiger partial charge in [-0.05, 0) is 55.0 Å². The molecule has 0 bridgehead atoms. The highest BCUT2D eigenvalue weighted by Gasteiger charge is 2.27. The van der Waals surface area contributed by atoms with Gasteiger partial charge in [0.2, 0.25) is 10.0 Å². The van der Waals surface area contributed by atoms with Crippen LogP contribution >= 0.6 is 0 Å². The molecule has 0 spiro atoms. The Morgan fingerprint density at radius 1 is 0.966 bits per heavy atom. The Kier molecular flexibility index (Phi) is 6.15. The molecule has 0 radical (unpaired) electrons. The first-order chi connectivity index (χ1) is 13.6. The third-order valence-corrected chi connectivity index (χ3v) is 6.97. The van der Waals surface area contributed by atoms with Crippen LogP contribution < -0.4 is 4.72 Å². The molecule has 1 amide bonds. The lowest BCUT2D eigenvalue weighted by molar-refractivity contribution is 0.0711. The number of sulfonamides is 1. The molecule has 1 N–H and O–H groups in total. The van der Waals surface area contributed by atoms with Crippen LogP contribution in [0.5, 0.6) is 0 Å². The van der Waals surface area contributed by atoms with Gasteiger partial charge in [0.15, 0.2) is 0 Å². The van der Waals surface area contributed by atoms with E-state index in [1.54, 1.807) is 24.3 Å². The lowest BCUT2D eigenvalue weighted by Crippen LogP contribution is -2.46. The zero-order chi connectivity index (χ0) is 21.2. The van der Waals surface area contributed by atoms with Crippen LogP contribution in [-0.2, 0) is 15.4 Å². The summed E-state index contributed by atoms with van der Waals surface area (Å²) in [5.74, 6) is 0.00491. The Labute approximate surface area is 174 Å². The topological polar surface area (TPSA) is 66.5 Å². The quantitative estimate of drug-likeness (QED) is 0.826.